The lowest BCUT2D eigenvalue weighted by atomic mass is 9.85. The SMILES string of the molecule is Cc1c[nH]c2ncc(-c3cc4c(c(C5CCCN5)c3)CCN(C(=O)C(C)(C)C)C4)cc12. The number of rotatable bonds is 2. The Labute approximate surface area is 184 Å². The van der Waals surface area contributed by atoms with Gasteiger partial charge in [0.1, 0.15) is 5.65 Å². The van der Waals surface area contributed by atoms with Crippen LogP contribution in [0.4, 0.5) is 0 Å². The molecule has 0 spiro atoms. The average Bonchev–Trinajstić information content (AvgIpc) is 3.41. The van der Waals surface area contributed by atoms with Crippen LogP contribution in [0.1, 0.15) is 61.9 Å². The number of nitrogens with zero attached hydrogens (tertiary/aromatic N) is 2. The highest BCUT2D eigenvalue weighted by molar-refractivity contribution is 5.85. The molecule has 162 valence electrons. The monoisotopic (exact) mass is 416 g/mol. The molecule has 1 amide bonds. The molecule has 0 saturated carbocycles. The maximum absolute atomic E-state index is 13.0. The fourth-order valence-corrected chi connectivity index (χ4v) is 5.10. The fraction of sp³-hybridized carbons (Fsp3) is 0.462. The Morgan fingerprint density at radius 2 is 2.03 bits per heavy atom. The lowest BCUT2D eigenvalue weighted by Gasteiger charge is -2.35. The van der Waals surface area contributed by atoms with Gasteiger partial charge in [0, 0.05) is 47.9 Å². The van der Waals surface area contributed by atoms with Crippen molar-refractivity contribution in [1.82, 2.24) is 20.2 Å². The first-order valence-corrected chi connectivity index (χ1v) is 11.4. The zero-order valence-electron chi connectivity index (χ0n) is 19.0. The van der Waals surface area contributed by atoms with Gasteiger partial charge in [-0.1, -0.05) is 20.8 Å². The Balaban J connectivity index is 1.60. The van der Waals surface area contributed by atoms with Gasteiger partial charge >= 0.3 is 0 Å². The number of H-pyrrole nitrogens is 1. The van der Waals surface area contributed by atoms with Crippen LogP contribution in [0.5, 0.6) is 0 Å². The summed E-state index contributed by atoms with van der Waals surface area (Å²) in [7, 11) is 0. The van der Waals surface area contributed by atoms with E-state index in [0.29, 0.717) is 12.6 Å². The van der Waals surface area contributed by atoms with E-state index >= 15 is 0 Å². The van der Waals surface area contributed by atoms with E-state index in [1.807, 2.05) is 38.1 Å². The van der Waals surface area contributed by atoms with Crippen LogP contribution in [0.15, 0.2) is 30.6 Å². The van der Waals surface area contributed by atoms with E-state index in [4.69, 9.17) is 0 Å². The Hall–Kier alpha value is -2.66. The van der Waals surface area contributed by atoms with Crippen molar-refractivity contribution in [2.75, 3.05) is 13.1 Å². The van der Waals surface area contributed by atoms with Crippen LogP contribution < -0.4 is 5.32 Å². The van der Waals surface area contributed by atoms with Gasteiger partial charge in [0.2, 0.25) is 5.91 Å². The Kier molecular flexibility index (Phi) is 4.89. The summed E-state index contributed by atoms with van der Waals surface area (Å²) >= 11 is 0. The van der Waals surface area contributed by atoms with Crippen molar-refractivity contribution in [1.29, 1.82) is 0 Å². The van der Waals surface area contributed by atoms with Gasteiger partial charge in [-0.15, -0.1) is 0 Å². The number of pyridine rings is 1. The molecule has 1 unspecified atom stereocenters. The summed E-state index contributed by atoms with van der Waals surface area (Å²) in [5.74, 6) is 0.232. The highest BCUT2D eigenvalue weighted by Gasteiger charge is 2.32. The van der Waals surface area contributed by atoms with Crippen molar-refractivity contribution in [3.63, 3.8) is 0 Å². The number of hydrogen-bond acceptors (Lipinski definition) is 3. The first kappa shape index (κ1) is 20.3. The maximum Gasteiger partial charge on any atom is 0.228 e. The number of hydrogen-bond donors (Lipinski definition) is 2. The quantitative estimate of drug-likeness (QED) is 0.625. The fourth-order valence-electron chi connectivity index (χ4n) is 5.10. The molecule has 0 aliphatic carbocycles. The van der Waals surface area contributed by atoms with Gasteiger partial charge in [-0.25, -0.2) is 4.98 Å². The largest absolute Gasteiger partial charge is 0.346 e. The highest BCUT2D eigenvalue weighted by atomic mass is 16.2. The molecule has 5 nitrogen and oxygen atoms in total. The predicted octanol–water partition coefficient (Wildman–Crippen LogP) is 4.89. The number of aromatic nitrogens is 2. The molecular formula is C26H32N4O. The summed E-state index contributed by atoms with van der Waals surface area (Å²) in [5, 5.41) is 4.86. The lowest BCUT2D eigenvalue weighted by Crippen LogP contribution is -2.42. The van der Waals surface area contributed by atoms with E-state index in [2.05, 4.69) is 40.4 Å². The number of fused-ring (bicyclic) bond motifs is 2. The molecular weight excluding hydrogens is 384 g/mol. The molecule has 5 heteroatoms. The lowest BCUT2D eigenvalue weighted by molar-refractivity contribution is -0.140. The Morgan fingerprint density at radius 3 is 2.77 bits per heavy atom. The highest BCUT2D eigenvalue weighted by Crippen LogP contribution is 2.37. The number of nitrogens with one attached hydrogen (secondary N) is 2. The summed E-state index contributed by atoms with van der Waals surface area (Å²) < 4.78 is 0. The molecule has 0 bridgehead atoms. The second-order valence-corrected chi connectivity index (χ2v) is 10.2. The van der Waals surface area contributed by atoms with Crippen molar-refractivity contribution >= 4 is 16.9 Å². The summed E-state index contributed by atoms with van der Waals surface area (Å²) in [6, 6.07) is 7.31. The van der Waals surface area contributed by atoms with Crippen LogP contribution in [0.3, 0.4) is 0 Å². The number of carbonyl (C=O) groups is 1. The van der Waals surface area contributed by atoms with Crippen LogP contribution in [-0.4, -0.2) is 33.9 Å². The number of benzene rings is 1. The first-order valence-electron chi connectivity index (χ1n) is 11.4. The van der Waals surface area contributed by atoms with E-state index < -0.39 is 0 Å². The molecule has 31 heavy (non-hydrogen) atoms. The topological polar surface area (TPSA) is 61.0 Å². The number of amides is 1. The summed E-state index contributed by atoms with van der Waals surface area (Å²) in [4.78, 5) is 22.9. The summed E-state index contributed by atoms with van der Waals surface area (Å²) in [6.45, 7) is 10.7. The van der Waals surface area contributed by atoms with Crippen molar-refractivity contribution in [3.8, 4) is 11.1 Å². The standard InChI is InChI=1S/C26H32N4O/c1-16-13-28-24-21(16)12-18(14-29-24)17-10-19-15-30(25(31)26(2,3)4)9-7-20(19)22(11-17)23-6-5-8-27-23/h10-14,23,27H,5-9,15H2,1-4H3,(H,28,29). The number of carbonyl (C=O) groups excluding carboxylic acids is 1. The Bertz CT molecular complexity index is 1150. The number of aromatic amines is 1. The van der Waals surface area contributed by atoms with E-state index in [1.54, 1.807) is 0 Å². The summed E-state index contributed by atoms with van der Waals surface area (Å²) in [6.07, 6.45) is 7.30. The Morgan fingerprint density at radius 1 is 1.19 bits per heavy atom. The molecule has 3 aromatic rings. The normalized spacial score (nSPS) is 19.1. The van der Waals surface area contributed by atoms with Gasteiger partial charge in [-0.05, 0) is 78.7 Å². The second kappa shape index (κ2) is 7.49. The van der Waals surface area contributed by atoms with Crippen molar-refractivity contribution < 1.29 is 4.79 Å². The van der Waals surface area contributed by atoms with Gasteiger partial charge in [-0.2, -0.15) is 0 Å². The first-order chi connectivity index (χ1) is 14.8. The van der Waals surface area contributed by atoms with Crippen LogP contribution in [0.2, 0.25) is 0 Å². The molecule has 0 radical (unpaired) electrons. The van der Waals surface area contributed by atoms with E-state index in [9.17, 15) is 4.79 Å². The molecule has 2 aliphatic rings. The van der Waals surface area contributed by atoms with E-state index in [1.165, 1.54) is 46.0 Å². The molecule has 2 aromatic heterocycles. The van der Waals surface area contributed by atoms with Crippen LogP contribution >= 0.6 is 0 Å². The minimum Gasteiger partial charge on any atom is -0.346 e. The van der Waals surface area contributed by atoms with Gasteiger partial charge in [-0.3, -0.25) is 4.79 Å². The third-order valence-electron chi connectivity index (χ3n) is 6.81. The maximum atomic E-state index is 13.0. The molecule has 1 aromatic carbocycles. The van der Waals surface area contributed by atoms with Gasteiger partial charge in [0.25, 0.3) is 0 Å². The molecule has 2 N–H and O–H groups in total. The van der Waals surface area contributed by atoms with Crippen molar-refractivity contribution in [2.45, 2.75) is 59.5 Å². The van der Waals surface area contributed by atoms with E-state index in [0.717, 1.165) is 30.7 Å². The van der Waals surface area contributed by atoms with Crippen LogP contribution in [0, 0.1) is 12.3 Å². The average molecular weight is 417 g/mol. The van der Waals surface area contributed by atoms with Crippen molar-refractivity contribution in [2.24, 2.45) is 5.41 Å². The second-order valence-electron chi connectivity index (χ2n) is 10.2. The predicted molar refractivity (Wildman–Crippen MR) is 125 cm³/mol. The van der Waals surface area contributed by atoms with E-state index in [-0.39, 0.29) is 11.3 Å². The van der Waals surface area contributed by atoms with Crippen LogP contribution in [0.25, 0.3) is 22.2 Å². The number of aryl methyl sites for hydroxylation is 1. The summed E-state index contributed by atoms with van der Waals surface area (Å²) in [5.41, 5.74) is 8.26. The minimum absolute atomic E-state index is 0.232. The minimum atomic E-state index is -0.355. The zero-order valence-corrected chi connectivity index (χ0v) is 19.0. The van der Waals surface area contributed by atoms with Gasteiger partial charge in [0.05, 0.1) is 0 Å². The smallest absolute Gasteiger partial charge is 0.228 e. The molecule has 1 saturated heterocycles. The zero-order chi connectivity index (χ0) is 21.8. The third kappa shape index (κ3) is 3.65. The molecule has 2 aliphatic heterocycles. The molecule has 1 fully saturated rings. The molecule has 1 atom stereocenters. The van der Waals surface area contributed by atoms with Gasteiger partial charge in [0.15, 0.2) is 0 Å². The molecule has 5 rings (SSSR count). The van der Waals surface area contributed by atoms with Gasteiger partial charge < -0.3 is 15.2 Å². The van der Waals surface area contributed by atoms with Crippen molar-refractivity contribution in [3.05, 3.63) is 52.8 Å². The van der Waals surface area contributed by atoms with Crippen LogP contribution in [-0.2, 0) is 17.8 Å². The third-order valence-corrected chi connectivity index (χ3v) is 6.81. The molecule has 4 heterocycles.